The van der Waals surface area contributed by atoms with Crippen molar-refractivity contribution < 1.29 is 0 Å². The van der Waals surface area contributed by atoms with Gasteiger partial charge in [-0.05, 0) is 47.5 Å². The van der Waals surface area contributed by atoms with E-state index >= 15 is 0 Å². The maximum absolute atomic E-state index is 6.18. The summed E-state index contributed by atoms with van der Waals surface area (Å²) in [6.07, 6.45) is 4.27. The highest BCUT2D eigenvalue weighted by atomic mass is 35.5. The zero-order valence-corrected chi connectivity index (χ0v) is 12.7. The normalized spacial score (nSPS) is 12.5. The molecule has 0 amide bonds. The molecule has 3 aromatic carbocycles. The minimum absolute atomic E-state index is 0.752. The number of rotatable bonds is 1. The van der Waals surface area contributed by atoms with Crippen LogP contribution in [0.5, 0.6) is 0 Å². The molecule has 1 heterocycles. The van der Waals surface area contributed by atoms with Crippen molar-refractivity contribution in [3.8, 4) is 0 Å². The fraction of sp³-hybridized carbons (Fsp3) is 0. The van der Waals surface area contributed by atoms with Crippen LogP contribution in [0.3, 0.4) is 0 Å². The van der Waals surface area contributed by atoms with E-state index in [-0.39, 0.29) is 0 Å². The highest BCUT2D eigenvalue weighted by Gasteiger charge is 2.19. The Bertz CT molecular complexity index is 853. The quantitative estimate of drug-likeness (QED) is 0.399. The summed E-state index contributed by atoms with van der Waals surface area (Å²) in [5, 5.41) is 0.752. The average Bonchev–Trinajstić information content (AvgIpc) is 2.72. The van der Waals surface area contributed by atoms with Gasteiger partial charge < -0.3 is 4.90 Å². The van der Waals surface area contributed by atoms with Gasteiger partial charge >= 0.3 is 0 Å². The zero-order valence-electron chi connectivity index (χ0n) is 11.9. The molecular weight excluding hydrogens is 290 g/mol. The summed E-state index contributed by atoms with van der Waals surface area (Å²) < 4.78 is 0. The van der Waals surface area contributed by atoms with Crippen LogP contribution < -0.4 is 4.90 Å². The number of nitrogens with zero attached hydrogens (tertiary/aromatic N) is 1. The van der Waals surface area contributed by atoms with Crippen molar-refractivity contribution in [1.29, 1.82) is 0 Å². The molecule has 106 valence electrons. The van der Waals surface area contributed by atoms with E-state index < -0.39 is 0 Å². The first-order chi connectivity index (χ1) is 10.8. The minimum atomic E-state index is 0.752. The molecule has 1 aliphatic rings. The van der Waals surface area contributed by atoms with E-state index in [1.54, 1.807) is 0 Å². The van der Waals surface area contributed by atoms with Crippen LogP contribution in [0.15, 0.2) is 72.8 Å². The second kappa shape index (κ2) is 5.36. The highest BCUT2D eigenvalue weighted by molar-refractivity contribution is 6.30. The summed E-state index contributed by atoms with van der Waals surface area (Å²) in [5.74, 6) is 0. The number of halogens is 1. The van der Waals surface area contributed by atoms with Gasteiger partial charge in [-0.25, -0.2) is 0 Å². The van der Waals surface area contributed by atoms with Crippen LogP contribution in [-0.2, 0) is 0 Å². The molecule has 0 radical (unpaired) electrons. The summed E-state index contributed by atoms with van der Waals surface area (Å²) in [6.45, 7) is 0. The average molecular weight is 304 g/mol. The SMILES string of the molecule is Clc1ccc2c(c1)C=Cc1ccccc1N2c1ccccc1. The Hall–Kier alpha value is -2.51. The van der Waals surface area contributed by atoms with Crippen molar-refractivity contribution >= 4 is 40.8 Å². The second-order valence-corrected chi connectivity index (χ2v) is 5.70. The van der Waals surface area contributed by atoms with Gasteiger partial charge in [-0.1, -0.05) is 60.2 Å². The molecule has 0 fully saturated rings. The van der Waals surface area contributed by atoms with Crippen LogP contribution in [-0.4, -0.2) is 0 Å². The minimum Gasteiger partial charge on any atom is -0.309 e. The number of hydrogen-bond acceptors (Lipinski definition) is 1. The Labute approximate surface area is 135 Å². The molecule has 0 saturated heterocycles. The van der Waals surface area contributed by atoms with Gasteiger partial charge in [-0.15, -0.1) is 0 Å². The number of anilines is 3. The first-order valence-electron chi connectivity index (χ1n) is 7.25. The first kappa shape index (κ1) is 13.2. The van der Waals surface area contributed by atoms with Crippen LogP contribution in [0.4, 0.5) is 17.1 Å². The van der Waals surface area contributed by atoms with E-state index in [2.05, 4.69) is 71.6 Å². The van der Waals surface area contributed by atoms with E-state index in [9.17, 15) is 0 Å². The maximum atomic E-state index is 6.18. The van der Waals surface area contributed by atoms with Crippen LogP contribution >= 0.6 is 11.6 Å². The molecule has 0 spiro atoms. The van der Waals surface area contributed by atoms with Crippen molar-refractivity contribution in [3.63, 3.8) is 0 Å². The van der Waals surface area contributed by atoms with Gasteiger partial charge in [0.15, 0.2) is 0 Å². The molecule has 0 atom stereocenters. The van der Waals surface area contributed by atoms with E-state index in [4.69, 9.17) is 11.6 Å². The second-order valence-electron chi connectivity index (χ2n) is 5.27. The molecule has 1 aliphatic heterocycles. The number of benzene rings is 3. The molecule has 22 heavy (non-hydrogen) atoms. The van der Waals surface area contributed by atoms with Gasteiger partial charge in [0.1, 0.15) is 0 Å². The fourth-order valence-electron chi connectivity index (χ4n) is 2.86. The maximum Gasteiger partial charge on any atom is 0.0535 e. The third kappa shape index (κ3) is 2.20. The molecular formula is C20H14ClN. The Morgan fingerprint density at radius 3 is 2.18 bits per heavy atom. The monoisotopic (exact) mass is 303 g/mol. The van der Waals surface area contributed by atoms with Gasteiger partial charge in [-0.3, -0.25) is 0 Å². The summed E-state index contributed by atoms with van der Waals surface area (Å²) in [6, 6.07) is 24.9. The van der Waals surface area contributed by atoms with E-state index in [1.807, 2.05) is 18.2 Å². The van der Waals surface area contributed by atoms with E-state index in [0.29, 0.717) is 0 Å². The first-order valence-corrected chi connectivity index (χ1v) is 7.62. The molecule has 0 N–H and O–H groups in total. The van der Waals surface area contributed by atoms with Crippen molar-refractivity contribution in [1.82, 2.24) is 0 Å². The molecule has 2 heteroatoms. The summed E-state index contributed by atoms with van der Waals surface area (Å²) in [7, 11) is 0. The molecule has 4 rings (SSSR count). The Kier molecular flexibility index (Phi) is 3.21. The Balaban J connectivity index is 2.02. The molecule has 0 bridgehead atoms. The van der Waals surface area contributed by atoms with E-state index in [0.717, 1.165) is 22.0 Å². The lowest BCUT2D eigenvalue weighted by Crippen LogP contribution is -2.11. The van der Waals surface area contributed by atoms with Crippen molar-refractivity contribution in [2.24, 2.45) is 0 Å². The molecule has 0 aliphatic carbocycles. The predicted molar refractivity (Wildman–Crippen MR) is 95.1 cm³/mol. The largest absolute Gasteiger partial charge is 0.309 e. The van der Waals surface area contributed by atoms with Gasteiger partial charge in [0, 0.05) is 10.7 Å². The van der Waals surface area contributed by atoms with Gasteiger partial charge in [-0.2, -0.15) is 0 Å². The number of fused-ring (bicyclic) bond motifs is 2. The lowest BCUT2D eigenvalue weighted by Gasteiger charge is -2.27. The summed E-state index contributed by atoms with van der Waals surface area (Å²) in [5.41, 5.74) is 5.76. The smallest absolute Gasteiger partial charge is 0.0535 e. The van der Waals surface area contributed by atoms with Crippen LogP contribution in [0, 0.1) is 0 Å². The van der Waals surface area contributed by atoms with E-state index in [1.165, 1.54) is 11.3 Å². The third-order valence-corrected chi connectivity index (χ3v) is 4.10. The number of para-hydroxylation sites is 2. The molecule has 3 aromatic rings. The molecule has 1 nitrogen and oxygen atoms in total. The summed E-state index contributed by atoms with van der Waals surface area (Å²) in [4.78, 5) is 2.28. The van der Waals surface area contributed by atoms with Gasteiger partial charge in [0.05, 0.1) is 11.4 Å². The lowest BCUT2D eigenvalue weighted by molar-refractivity contribution is 1.28. The highest BCUT2D eigenvalue weighted by Crippen LogP contribution is 2.42. The van der Waals surface area contributed by atoms with Crippen molar-refractivity contribution in [2.75, 3.05) is 4.90 Å². The predicted octanol–water partition coefficient (Wildman–Crippen LogP) is 6.29. The number of hydrogen-bond donors (Lipinski definition) is 0. The standard InChI is InChI=1S/C20H14ClN/c21-17-12-13-20-16(14-17)11-10-15-6-4-5-9-19(15)22(20)18-7-2-1-3-8-18/h1-14H. The third-order valence-electron chi connectivity index (χ3n) is 3.86. The Morgan fingerprint density at radius 2 is 1.32 bits per heavy atom. The van der Waals surface area contributed by atoms with Gasteiger partial charge in [0.25, 0.3) is 0 Å². The van der Waals surface area contributed by atoms with Gasteiger partial charge in [0.2, 0.25) is 0 Å². The lowest BCUT2D eigenvalue weighted by atomic mass is 10.1. The Morgan fingerprint density at radius 1 is 0.636 bits per heavy atom. The molecule has 0 unspecified atom stereocenters. The van der Waals surface area contributed by atoms with Crippen LogP contribution in [0.1, 0.15) is 11.1 Å². The fourth-order valence-corrected chi connectivity index (χ4v) is 3.04. The zero-order chi connectivity index (χ0) is 14.9. The molecule has 0 aromatic heterocycles. The topological polar surface area (TPSA) is 3.24 Å². The van der Waals surface area contributed by atoms with Crippen molar-refractivity contribution in [3.05, 3.63) is 88.9 Å². The van der Waals surface area contributed by atoms with Crippen LogP contribution in [0.25, 0.3) is 12.2 Å². The molecule has 0 saturated carbocycles. The van der Waals surface area contributed by atoms with Crippen LogP contribution in [0.2, 0.25) is 5.02 Å². The summed E-state index contributed by atoms with van der Waals surface area (Å²) >= 11 is 6.18. The van der Waals surface area contributed by atoms with Crippen molar-refractivity contribution in [2.45, 2.75) is 0 Å².